The van der Waals surface area contributed by atoms with Crippen molar-refractivity contribution in [3.63, 3.8) is 0 Å². The molecule has 0 spiro atoms. The summed E-state index contributed by atoms with van der Waals surface area (Å²) < 4.78 is 0. The van der Waals surface area contributed by atoms with Gasteiger partial charge in [0.2, 0.25) is 0 Å². The van der Waals surface area contributed by atoms with Crippen LogP contribution < -0.4 is 5.73 Å². The fraction of sp³-hybridized carbons (Fsp3) is 1.00. The second kappa shape index (κ2) is 2.71. The Morgan fingerprint density at radius 3 is 2.33 bits per heavy atom. The summed E-state index contributed by atoms with van der Waals surface area (Å²) in [5.74, 6) is 0.821. The number of fused-ring (bicyclic) bond motifs is 2. The van der Waals surface area contributed by atoms with Gasteiger partial charge in [0, 0.05) is 24.2 Å². The van der Waals surface area contributed by atoms with E-state index in [9.17, 15) is 0 Å². The summed E-state index contributed by atoms with van der Waals surface area (Å²) in [7, 11) is 0. The molecule has 2 rings (SSSR count). The van der Waals surface area contributed by atoms with Crippen LogP contribution in [0.3, 0.4) is 0 Å². The minimum absolute atomic E-state index is 0.446. The van der Waals surface area contributed by atoms with Gasteiger partial charge in [-0.25, -0.2) is 0 Å². The SMILES string of the molecule is CC1C[C@H]2C[C@@H](N)[C@@H]1N2C(C)C. The Morgan fingerprint density at radius 2 is 2.00 bits per heavy atom. The Balaban J connectivity index is 2.18. The van der Waals surface area contributed by atoms with Gasteiger partial charge in [-0.2, -0.15) is 0 Å². The zero-order chi connectivity index (χ0) is 8.88. The first-order valence-corrected chi connectivity index (χ1v) is 5.14. The molecule has 2 heterocycles. The van der Waals surface area contributed by atoms with Gasteiger partial charge in [-0.05, 0) is 32.6 Å². The van der Waals surface area contributed by atoms with Crippen LogP contribution in [0, 0.1) is 5.92 Å². The maximum absolute atomic E-state index is 6.10. The van der Waals surface area contributed by atoms with Crippen molar-refractivity contribution < 1.29 is 0 Å². The van der Waals surface area contributed by atoms with Crippen LogP contribution in [0.2, 0.25) is 0 Å². The van der Waals surface area contributed by atoms with Gasteiger partial charge in [0.15, 0.2) is 0 Å². The van der Waals surface area contributed by atoms with E-state index >= 15 is 0 Å². The summed E-state index contributed by atoms with van der Waals surface area (Å²) in [6.45, 7) is 6.92. The third-order valence-electron chi connectivity index (χ3n) is 3.57. The fourth-order valence-electron chi connectivity index (χ4n) is 3.31. The Labute approximate surface area is 75.1 Å². The number of hydrogen-bond donors (Lipinski definition) is 1. The van der Waals surface area contributed by atoms with Crippen LogP contribution in [0.25, 0.3) is 0 Å². The molecule has 2 aliphatic heterocycles. The second-order valence-electron chi connectivity index (χ2n) is 4.80. The molecule has 2 aliphatic rings. The lowest BCUT2D eigenvalue weighted by molar-refractivity contribution is 0.185. The van der Waals surface area contributed by atoms with Crippen LogP contribution in [0.1, 0.15) is 33.6 Å². The highest BCUT2D eigenvalue weighted by molar-refractivity contribution is 5.06. The van der Waals surface area contributed by atoms with Crippen molar-refractivity contribution in [3.05, 3.63) is 0 Å². The van der Waals surface area contributed by atoms with Crippen LogP contribution in [0.15, 0.2) is 0 Å². The van der Waals surface area contributed by atoms with Gasteiger partial charge in [0.05, 0.1) is 0 Å². The van der Waals surface area contributed by atoms with Gasteiger partial charge in [-0.3, -0.25) is 4.90 Å². The van der Waals surface area contributed by atoms with Crippen LogP contribution in [-0.2, 0) is 0 Å². The van der Waals surface area contributed by atoms with Crippen molar-refractivity contribution in [2.24, 2.45) is 11.7 Å². The van der Waals surface area contributed by atoms with Crippen molar-refractivity contribution in [2.45, 2.75) is 57.8 Å². The summed E-state index contributed by atoms with van der Waals surface area (Å²) in [6, 6.07) is 2.59. The number of nitrogens with two attached hydrogens (primary N) is 1. The third-order valence-corrected chi connectivity index (χ3v) is 3.57. The molecule has 2 N–H and O–H groups in total. The van der Waals surface area contributed by atoms with Crippen molar-refractivity contribution >= 4 is 0 Å². The monoisotopic (exact) mass is 168 g/mol. The van der Waals surface area contributed by atoms with E-state index in [0.717, 1.165) is 12.0 Å². The zero-order valence-corrected chi connectivity index (χ0v) is 8.33. The lowest BCUT2D eigenvalue weighted by Crippen LogP contribution is -2.43. The average molecular weight is 168 g/mol. The van der Waals surface area contributed by atoms with E-state index in [1.54, 1.807) is 0 Å². The number of nitrogens with zero attached hydrogens (tertiary/aromatic N) is 1. The van der Waals surface area contributed by atoms with E-state index in [4.69, 9.17) is 5.73 Å². The molecule has 2 fully saturated rings. The molecule has 0 aromatic heterocycles. The zero-order valence-electron chi connectivity index (χ0n) is 8.33. The molecule has 0 aliphatic carbocycles. The van der Waals surface area contributed by atoms with Crippen LogP contribution >= 0.6 is 0 Å². The topological polar surface area (TPSA) is 29.3 Å². The Morgan fingerprint density at radius 1 is 1.33 bits per heavy atom. The minimum atomic E-state index is 0.446. The average Bonchev–Trinajstić information content (AvgIpc) is 2.39. The molecule has 2 saturated heterocycles. The summed E-state index contributed by atoms with van der Waals surface area (Å²) in [5.41, 5.74) is 6.10. The highest BCUT2D eigenvalue weighted by Crippen LogP contribution is 2.41. The van der Waals surface area contributed by atoms with Gasteiger partial charge in [0.1, 0.15) is 0 Å². The van der Waals surface area contributed by atoms with Crippen molar-refractivity contribution in [1.29, 1.82) is 0 Å². The molecule has 0 aromatic rings. The molecular formula is C10H20N2. The summed E-state index contributed by atoms with van der Waals surface area (Å²) >= 11 is 0. The van der Waals surface area contributed by atoms with E-state index in [2.05, 4.69) is 25.7 Å². The maximum Gasteiger partial charge on any atom is 0.0279 e. The summed E-state index contributed by atoms with van der Waals surface area (Å²) in [4.78, 5) is 2.63. The normalized spacial score (nSPS) is 47.8. The highest BCUT2D eigenvalue weighted by atomic mass is 15.3. The summed E-state index contributed by atoms with van der Waals surface area (Å²) in [5, 5.41) is 0. The van der Waals surface area contributed by atoms with Crippen LogP contribution in [0.5, 0.6) is 0 Å². The van der Waals surface area contributed by atoms with E-state index in [1.165, 1.54) is 12.8 Å². The third kappa shape index (κ3) is 1.01. The van der Waals surface area contributed by atoms with E-state index in [-0.39, 0.29) is 0 Å². The molecule has 12 heavy (non-hydrogen) atoms. The first-order chi connectivity index (χ1) is 5.61. The largest absolute Gasteiger partial charge is 0.326 e. The predicted molar refractivity (Wildman–Crippen MR) is 50.9 cm³/mol. The van der Waals surface area contributed by atoms with Gasteiger partial charge in [-0.1, -0.05) is 6.92 Å². The van der Waals surface area contributed by atoms with E-state index < -0.39 is 0 Å². The van der Waals surface area contributed by atoms with Crippen molar-refractivity contribution in [2.75, 3.05) is 0 Å². The number of rotatable bonds is 1. The first-order valence-electron chi connectivity index (χ1n) is 5.14. The van der Waals surface area contributed by atoms with Gasteiger partial charge >= 0.3 is 0 Å². The highest BCUT2D eigenvalue weighted by Gasteiger charge is 2.49. The lowest BCUT2D eigenvalue weighted by Gasteiger charge is -2.28. The molecule has 2 bridgehead atoms. The molecule has 0 aromatic carbocycles. The Bertz CT molecular complexity index is 167. The molecule has 1 unspecified atom stereocenters. The smallest absolute Gasteiger partial charge is 0.0279 e. The van der Waals surface area contributed by atoms with E-state index in [0.29, 0.717) is 18.1 Å². The molecule has 0 amide bonds. The molecule has 0 radical (unpaired) electrons. The molecule has 4 atom stereocenters. The fourth-order valence-corrected chi connectivity index (χ4v) is 3.31. The Kier molecular flexibility index (Phi) is 1.92. The standard InChI is InChI=1S/C10H20N2/c1-6(2)12-8-4-7(3)10(12)9(11)5-8/h6-10H,4-5,11H2,1-3H3/t7?,8-,9+,10+/m0/s1. The minimum Gasteiger partial charge on any atom is -0.326 e. The van der Waals surface area contributed by atoms with Crippen LogP contribution in [-0.4, -0.2) is 29.1 Å². The van der Waals surface area contributed by atoms with Crippen molar-refractivity contribution in [1.82, 2.24) is 4.90 Å². The number of hydrogen-bond acceptors (Lipinski definition) is 2. The van der Waals surface area contributed by atoms with Crippen LogP contribution in [0.4, 0.5) is 0 Å². The maximum atomic E-state index is 6.10. The molecule has 0 saturated carbocycles. The van der Waals surface area contributed by atoms with E-state index in [1.807, 2.05) is 0 Å². The quantitative estimate of drug-likeness (QED) is 0.637. The lowest BCUT2D eigenvalue weighted by atomic mass is 9.87. The Hall–Kier alpha value is -0.0800. The van der Waals surface area contributed by atoms with Gasteiger partial charge in [0.25, 0.3) is 0 Å². The molecule has 70 valence electrons. The molecule has 2 nitrogen and oxygen atoms in total. The van der Waals surface area contributed by atoms with Crippen molar-refractivity contribution in [3.8, 4) is 0 Å². The second-order valence-corrected chi connectivity index (χ2v) is 4.80. The first kappa shape index (κ1) is 8.52. The van der Waals surface area contributed by atoms with Gasteiger partial charge < -0.3 is 5.73 Å². The van der Waals surface area contributed by atoms with Gasteiger partial charge in [-0.15, -0.1) is 0 Å². The predicted octanol–water partition coefficient (Wildman–Crippen LogP) is 1.20. The molecular weight excluding hydrogens is 148 g/mol. The molecule has 2 heteroatoms. The summed E-state index contributed by atoms with van der Waals surface area (Å²) in [6.07, 6.45) is 2.60.